The molecule has 108 valence electrons. The third-order valence-corrected chi connectivity index (χ3v) is 5.67. The lowest BCUT2D eigenvalue weighted by molar-refractivity contribution is 0.334. The fourth-order valence-corrected chi connectivity index (χ4v) is 4.48. The lowest BCUT2D eigenvalue weighted by Crippen LogP contribution is -2.17. The SMILES string of the molecule is Nc1nc(-c2cccs2)nc2sc(CN3CCCC3)cc12. The molecular weight excluding hydrogens is 300 g/mol. The van der Waals surface area contributed by atoms with Crippen LogP contribution in [0.15, 0.2) is 23.6 Å². The summed E-state index contributed by atoms with van der Waals surface area (Å²) < 4.78 is 0. The topological polar surface area (TPSA) is 55.0 Å². The summed E-state index contributed by atoms with van der Waals surface area (Å²) in [5, 5.41) is 3.03. The van der Waals surface area contributed by atoms with Crippen LogP contribution < -0.4 is 5.73 Å². The van der Waals surface area contributed by atoms with Crippen molar-refractivity contribution in [2.75, 3.05) is 18.8 Å². The largest absolute Gasteiger partial charge is 0.383 e. The summed E-state index contributed by atoms with van der Waals surface area (Å²) in [5.41, 5.74) is 6.13. The van der Waals surface area contributed by atoms with Gasteiger partial charge < -0.3 is 5.73 Å². The maximum Gasteiger partial charge on any atom is 0.173 e. The van der Waals surface area contributed by atoms with Crippen molar-refractivity contribution in [2.24, 2.45) is 0 Å². The van der Waals surface area contributed by atoms with E-state index in [-0.39, 0.29) is 0 Å². The van der Waals surface area contributed by atoms with E-state index in [1.165, 1.54) is 30.8 Å². The lowest BCUT2D eigenvalue weighted by atomic mass is 10.3. The van der Waals surface area contributed by atoms with Gasteiger partial charge in [0.1, 0.15) is 10.6 Å². The van der Waals surface area contributed by atoms with Crippen molar-refractivity contribution in [3.63, 3.8) is 0 Å². The van der Waals surface area contributed by atoms with Gasteiger partial charge in [0.05, 0.1) is 10.3 Å². The molecule has 4 nitrogen and oxygen atoms in total. The number of nitrogen functional groups attached to an aromatic ring is 1. The highest BCUT2D eigenvalue weighted by Crippen LogP contribution is 2.32. The molecule has 3 aromatic heterocycles. The van der Waals surface area contributed by atoms with Crippen LogP contribution in [-0.4, -0.2) is 28.0 Å². The summed E-state index contributed by atoms with van der Waals surface area (Å²) in [5.74, 6) is 1.33. The first-order valence-corrected chi connectivity index (χ1v) is 8.81. The Balaban J connectivity index is 1.71. The predicted molar refractivity (Wildman–Crippen MR) is 89.7 cm³/mol. The molecule has 1 aliphatic rings. The van der Waals surface area contributed by atoms with Gasteiger partial charge in [-0.15, -0.1) is 22.7 Å². The van der Waals surface area contributed by atoms with Crippen LogP contribution in [0.4, 0.5) is 5.82 Å². The van der Waals surface area contributed by atoms with Crippen molar-refractivity contribution in [2.45, 2.75) is 19.4 Å². The fourth-order valence-electron chi connectivity index (χ4n) is 2.75. The van der Waals surface area contributed by atoms with E-state index in [0.717, 1.165) is 27.5 Å². The van der Waals surface area contributed by atoms with Gasteiger partial charge in [0, 0.05) is 11.4 Å². The van der Waals surface area contributed by atoms with Crippen LogP contribution in [0.3, 0.4) is 0 Å². The van der Waals surface area contributed by atoms with Crippen LogP contribution in [-0.2, 0) is 6.54 Å². The Bertz CT molecular complexity index is 757. The number of nitrogens with zero attached hydrogens (tertiary/aromatic N) is 3. The van der Waals surface area contributed by atoms with Crippen molar-refractivity contribution in [3.05, 3.63) is 28.5 Å². The smallest absolute Gasteiger partial charge is 0.173 e. The minimum Gasteiger partial charge on any atom is -0.383 e. The number of aromatic nitrogens is 2. The molecule has 0 atom stereocenters. The summed E-state index contributed by atoms with van der Waals surface area (Å²) in [4.78, 5) is 15.0. The Morgan fingerprint density at radius 3 is 2.86 bits per heavy atom. The minimum atomic E-state index is 0.590. The molecule has 6 heteroatoms. The normalized spacial score (nSPS) is 16.0. The van der Waals surface area contributed by atoms with E-state index in [0.29, 0.717) is 5.82 Å². The monoisotopic (exact) mass is 316 g/mol. The molecule has 4 heterocycles. The third-order valence-electron chi connectivity index (χ3n) is 3.79. The van der Waals surface area contributed by atoms with Gasteiger partial charge in [0.25, 0.3) is 0 Å². The van der Waals surface area contributed by atoms with Crippen molar-refractivity contribution in [1.82, 2.24) is 14.9 Å². The summed E-state index contributed by atoms with van der Waals surface area (Å²) >= 11 is 3.38. The van der Waals surface area contributed by atoms with E-state index in [1.54, 1.807) is 22.7 Å². The molecule has 2 N–H and O–H groups in total. The quantitative estimate of drug-likeness (QED) is 0.802. The van der Waals surface area contributed by atoms with E-state index in [9.17, 15) is 0 Å². The molecule has 1 saturated heterocycles. The first kappa shape index (κ1) is 13.2. The Kier molecular flexibility index (Phi) is 3.37. The van der Waals surface area contributed by atoms with Gasteiger partial charge in [-0.3, -0.25) is 4.90 Å². The maximum absolute atomic E-state index is 6.13. The van der Waals surface area contributed by atoms with E-state index < -0.39 is 0 Å². The number of hydrogen-bond donors (Lipinski definition) is 1. The number of fused-ring (bicyclic) bond motifs is 1. The van der Waals surface area contributed by atoms with Crippen LogP contribution in [0.25, 0.3) is 20.9 Å². The number of nitrogens with two attached hydrogens (primary N) is 1. The molecule has 0 saturated carbocycles. The molecule has 0 aromatic carbocycles. The molecule has 4 rings (SSSR count). The molecular formula is C15H16N4S2. The van der Waals surface area contributed by atoms with Crippen LogP contribution in [0.1, 0.15) is 17.7 Å². The minimum absolute atomic E-state index is 0.590. The highest BCUT2D eigenvalue weighted by molar-refractivity contribution is 7.18. The molecule has 3 aromatic rings. The first-order valence-electron chi connectivity index (χ1n) is 7.12. The molecule has 0 unspecified atom stereocenters. The van der Waals surface area contributed by atoms with Gasteiger partial charge in [0.15, 0.2) is 5.82 Å². The van der Waals surface area contributed by atoms with Crippen LogP contribution in [0.5, 0.6) is 0 Å². The van der Waals surface area contributed by atoms with Gasteiger partial charge in [-0.1, -0.05) is 6.07 Å². The van der Waals surface area contributed by atoms with Gasteiger partial charge in [-0.05, 0) is 43.4 Å². The van der Waals surface area contributed by atoms with Crippen molar-refractivity contribution >= 4 is 38.7 Å². The highest BCUT2D eigenvalue weighted by Gasteiger charge is 2.16. The summed E-state index contributed by atoms with van der Waals surface area (Å²) in [6.45, 7) is 3.42. The van der Waals surface area contributed by atoms with Crippen molar-refractivity contribution in [1.29, 1.82) is 0 Å². The second-order valence-corrected chi connectivity index (χ2v) is 7.39. The van der Waals surface area contributed by atoms with E-state index in [2.05, 4.69) is 16.0 Å². The van der Waals surface area contributed by atoms with E-state index in [1.807, 2.05) is 17.5 Å². The second-order valence-electron chi connectivity index (χ2n) is 5.32. The molecule has 21 heavy (non-hydrogen) atoms. The zero-order valence-electron chi connectivity index (χ0n) is 11.6. The molecule has 0 bridgehead atoms. The summed E-state index contributed by atoms with van der Waals surface area (Å²) in [7, 11) is 0. The van der Waals surface area contributed by atoms with Gasteiger partial charge in [-0.2, -0.15) is 0 Å². The van der Waals surface area contributed by atoms with Gasteiger partial charge in [0.2, 0.25) is 0 Å². The molecule has 0 aliphatic carbocycles. The molecule has 1 fully saturated rings. The third kappa shape index (κ3) is 2.54. The zero-order valence-corrected chi connectivity index (χ0v) is 13.2. The van der Waals surface area contributed by atoms with Crippen molar-refractivity contribution < 1.29 is 0 Å². The summed E-state index contributed by atoms with van der Waals surface area (Å²) in [6, 6.07) is 6.20. The first-order chi connectivity index (χ1) is 10.3. The number of hydrogen-bond acceptors (Lipinski definition) is 6. The Labute approximate surface area is 131 Å². The number of anilines is 1. The highest BCUT2D eigenvalue weighted by atomic mass is 32.1. The average Bonchev–Trinajstić information content (AvgIpc) is 3.19. The fraction of sp³-hybridized carbons (Fsp3) is 0.333. The average molecular weight is 316 g/mol. The number of rotatable bonds is 3. The number of thiophene rings is 2. The van der Waals surface area contributed by atoms with Gasteiger partial charge in [-0.25, -0.2) is 9.97 Å². The maximum atomic E-state index is 6.13. The summed E-state index contributed by atoms with van der Waals surface area (Å²) in [6.07, 6.45) is 2.63. The standard InChI is InChI=1S/C15H16N4S2/c16-13-11-8-10(9-19-5-1-2-6-19)21-15(11)18-14(17-13)12-4-3-7-20-12/h3-4,7-8H,1-2,5-6,9H2,(H2,16,17,18). The molecule has 0 spiro atoms. The van der Waals surface area contributed by atoms with Crippen molar-refractivity contribution in [3.8, 4) is 10.7 Å². The second kappa shape index (κ2) is 5.36. The van der Waals surface area contributed by atoms with E-state index in [4.69, 9.17) is 10.7 Å². The molecule has 0 radical (unpaired) electrons. The van der Waals surface area contributed by atoms with E-state index >= 15 is 0 Å². The van der Waals surface area contributed by atoms with Crippen LogP contribution in [0.2, 0.25) is 0 Å². The number of likely N-dealkylation sites (tertiary alicyclic amines) is 1. The van der Waals surface area contributed by atoms with Crippen LogP contribution in [0, 0.1) is 0 Å². The Morgan fingerprint density at radius 1 is 1.24 bits per heavy atom. The van der Waals surface area contributed by atoms with Gasteiger partial charge >= 0.3 is 0 Å². The van der Waals surface area contributed by atoms with Crippen LogP contribution >= 0.6 is 22.7 Å². The zero-order chi connectivity index (χ0) is 14.2. The lowest BCUT2D eigenvalue weighted by Gasteiger charge is -2.11. The molecule has 1 aliphatic heterocycles. The molecule has 0 amide bonds. The Morgan fingerprint density at radius 2 is 2.10 bits per heavy atom. The predicted octanol–water partition coefficient (Wildman–Crippen LogP) is 3.60. The Hall–Kier alpha value is -1.50.